The van der Waals surface area contributed by atoms with Gasteiger partial charge in [-0.1, -0.05) is 15.9 Å². The average molecular weight is 255 g/mol. The topological polar surface area (TPSA) is 54.4 Å². The maximum Gasteiger partial charge on any atom is 0.310 e. The van der Waals surface area contributed by atoms with Gasteiger partial charge in [0.2, 0.25) is 0 Å². The summed E-state index contributed by atoms with van der Waals surface area (Å²) in [5.41, 5.74) is -0.427. The van der Waals surface area contributed by atoms with Crippen LogP contribution >= 0.6 is 15.9 Å². The summed E-state index contributed by atoms with van der Waals surface area (Å²) >= 11 is 3.59. The lowest BCUT2D eigenvalue weighted by molar-refractivity contribution is -0.420. The minimum Gasteiger partial charge on any atom is -0.481 e. The fraction of sp³-hybridized carbons (Fsp3) is 0.800. The monoisotopic (exact) mass is 254 g/mol. The molecule has 6 saturated carbocycles. The second-order valence-corrected chi connectivity index (χ2v) is 6.84. The highest BCUT2D eigenvalue weighted by Gasteiger charge is 3.07. The van der Waals surface area contributed by atoms with E-state index in [1.807, 2.05) is 0 Å². The second-order valence-electron chi connectivity index (χ2n) is 5.53. The molecular weight excluding hydrogens is 248 g/mol. The second kappa shape index (κ2) is 1.34. The Kier molecular flexibility index (Phi) is 0.670. The van der Waals surface area contributed by atoms with Crippen LogP contribution < -0.4 is 0 Å². The van der Waals surface area contributed by atoms with E-state index in [4.69, 9.17) is 0 Å². The highest BCUT2D eigenvalue weighted by atomic mass is 79.9. The van der Waals surface area contributed by atoms with Crippen LogP contribution in [0, 0.1) is 40.9 Å². The smallest absolute Gasteiger partial charge is 0.310 e. The molecule has 3 nitrogen and oxygen atoms in total. The first-order valence-electron chi connectivity index (χ1n) is 5.05. The molecule has 2 bridgehead atoms. The number of Topliss-reactive ketones (excluding diaryl/α,β-unsaturated/α-hetero) is 1. The summed E-state index contributed by atoms with van der Waals surface area (Å²) in [7, 11) is 0. The number of carbonyl (C=O) groups excluding carboxylic acids is 1. The molecule has 4 heteroatoms. The molecule has 0 radical (unpaired) electrons. The molecule has 0 unspecified atom stereocenters. The van der Waals surface area contributed by atoms with E-state index < -0.39 is 11.4 Å². The Morgan fingerprint density at radius 3 is 2.21 bits per heavy atom. The quantitative estimate of drug-likeness (QED) is 0.695. The predicted molar refractivity (Wildman–Crippen MR) is 47.7 cm³/mol. The van der Waals surface area contributed by atoms with Gasteiger partial charge in [-0.3, -0.25) is 9.59 Å². The summed E-state index contributed by atoms with van der Waals surface area (Å²) in [5.74, 6) is 1.32. The van der Waals surface area contributed by atoms with Crippen molar-refractivity contribution in [3.05, 3.63) is 0 Å². The normalized spacial score (nSPS) is 78.2. The number of alkyl halides is 1. The number of halogens is 1. The fourth-order valence-corrected chi connectivity index (χ4v) is 7.32. The van der Waals surface area contributed by atoms with Crippen molar-refractivity contribution in [2.24, 2.45) is 40.9 Å². The minimum atomic E-state index is -0.634. The number of rotatable bonds is 1. The molecule has 6 aliphatic carbocycles. The van der Waals surface area contributed by atoms with Gasteiger partial charge in [0.15, 0.2) is 5.78 Å². The Morgan fingerprint density at radius 1 is 1.21 bits per heavy atom. The third-order valence-electron chi connectivity index (χ3n) is 6.00. The summed E-state index contributed by atoms with van der Waals surface area (Å²) in [6.45, 7) is 0. The number of carboxylic acids is 1. The van der Waals surface area contributed by atoms with Crippen LogP contribution in [0.1, 0.15) is 0 Å². The third-order valence-corrected chi connectivity index (χ3v) is 7.45. The van der Waals surface area contributed by atoms with E-state index in [-0.39, 0.29) is 22.1 Å². The first kappa shape index (κ1) is 6.99. The van der Waals surface area contributed by atoms with Gasteiger partial charge < -0.3 is 5.11 Å². The maximum absolute atomic E-state index is 11.9. The molecule has 0 aromatic heterocycles. The molecule has 6 aliphatic rings. The van der Waals surface area contributed by atoms with Crippen LogP contribution in [0.2, 0.25) is 0 Å². The van der Waals surface area contributed by atoms with E-state index in [1.165, 1.54) is 0 Å². The van der Waals surface area contributed by atoms with Crippen LogP contribution in [0.25, 0.3) is 0 Å². The lowest BCUT2D eigenvalue weighted by Gasteiger charge is -2.89. The molecule has 6 rings (SSSR count). The van der Waals surface area contributed by atoms with Crippen molar-refractivity contribution in [3.8, 4) is 0 Å². The van der Waals surface area contributed by atoms with Gasteiger partial charge in [-0.05, 0) is 29.6 Å². The Labute approximate surface area is 88.0 Å². The number of hydrogen-bond acceptors (Lipinski definition) is 2. The minimum absolute atomic E-state index is 0.116. The number of hydrogen-bond donors (Lipinski definition) is 1. The van der Waals surface area contributed by atoms with Crippen molar-refractivity contribution >= 4 is 27.7 Å². The summed E-state index contributed by atoms with van der Waals surface area (Å²) in [5, 5.41) is 9.23. The molecule has 0 aromatic rings. The van der Waals surface area contributed by atoms with E-state index in [0.29, 0.717) is 23.5 Å². The zero-order chi connectivity index (χ0) is 9.62. The Morgan fingerprint density at radius 2 is 1.79 bits per heavy atom. The van der Waals surface area contributed by atoms with Gasteiger partial charge in [-0.2, -0.15) is 0 Å². The number of carbonyl (C=O) groups is 2. The highest BCUT2D eigenvalue weighted by molar-refractivity contribution is 9.10. The Bertz CT molecular complexity index is 436. The lowest BCUT2D eigenvalue weighted by atomic mass is 9.13. The standard InChI is InChI=1S/C10H7BrO3/c11-10-5-2-1(7(10)12)3-6(10)4(5)9(2,3)8(13)14/h1-6H,(H,13,14)/t1?,2-,3-,4?,5-,6-,9?,10?/m1/s1. The van der Waals surface area contributed by atoms with Crippen LogP contribution in [0.5, 0.6) is 0 Å². The molecule has 0 heterocycles. The number of carboxylic acid groups (broad SMARTS) is 1. The molecule has 4 atom stereocenters. The van der Waals surface area contributed by atoms with Crippen molar-refractivity contribution in [1.82, 2.24) is 0 Å². The van der Waals surface area contributed by atoms with Gasteiger partial charge in [0.1, 0.15) is 0 Å². The van der Waals surface area contributed by atoms with Crippen molar-refractivity contribution in [2.75, 3.05) is 0 Å². The molecule has 0 saturated heterocycles. The van der Waals surface area contributed by atoms with Crippen molar-refractivity contribution < 1.29 is 14.7 Å². The molecular formula is C10H7BrO3. The zero-order valence-electron chi connectivity index (χ0n) is 7.11. The SMILES string of the molecule is O=C1C2[C@@H]3[C@@H]4C5[C@@H]([C@@H]2C53C(=O)O)C14Br. The van der Waals surface area contributed by atoms with Gasteiger partial charge >= 0.3 is 5.97 Å². The van der Waals surface area contributed by atoms with Gasteiger partial charge in [0.05, 0.1) is 9.74 Å². The van der Waals surface area contributed by atoms with Crippen LogP contribution in [0.15, 0.2) is 0 Å². The van der Waals surface area contributed by atoms with Crippen LogP contribution in [-0.4, -0.2) is 21.2 Å². The van der Waals surface area contributed by atoms with Crippen LogP contribution in [0.3, 0.4) is 0 Å². The van der Waals surface area contributed by atoms with E-state index in [0.717, 1.165) is 0 Å². The largest absolute Gasteiger partial charge is 0.481 e. The molecule has 0 aromatic carbocycles. The first-order chi connectivity index (χ1) is 6.59. The summed E-state index contributed by atoms with van der Waals surface area (Å²) in [6, 6.07) is 0. The Balaban J connectivity index is 1.79. The van der Waals surface area contributed by atoms with Crippen LogP contribution in [0.4, 0.5) is 0 Å². The molecule has 0 aliphatic heterocycles. The van der Waals surface area contributed by atoms with Crippen LogP contribution in [-0.2, 0) is 9.59 Å². The molecule has 6 fully saturated rings. The van der Waals surface area contributed by atoms with Gasteiger partial charge in [-0.25, -0.2) is 0 Å². The van der Waals surface area contributed by atoms with Crippen molar-refractivity contribution in [1.29, 1.82) is 0 Å². The predicted octanol–water partition coefficient (Wildman–Crippen LogP) is 0.525. The third kappa shape index (κ3) is 0.270. The van der Waals surface area contributed by atoms with E-state index in [2.05, 4.69) is 15.9 Å². The molecule has 72 valence electrons. The summed E-state index contributed by atoms with van der Waals surface area (Å²) in [6.07, 6.45) is 0. The lowest BCUT2D eigenvalue weighted by Crippen LogP contribution is -2.93. The van der Waals surface area contributed by atoms with E-state index in [1.54, 1.807) is 0 Å². The van der Waals surface area contributed by atoms with Gasteiger partial charge in [0, 0.05) is 5.92 Å². The van der Waals surface area contributed by atoms with Crippen molar-refractivity contribution in [2.45, 2.75) is 4.32 Å². The van der Waals surface area contributed by atoms with E-state index >= 15 is 0 Å². The van der Waals surface area contributed by atoms with Crippen molar-refractivity contribution in [3.63, 3.8) is 0 Å². The van der Waals surface area contributed by atoms with Gasteiger partial charge in [0.25, 0.3) is 0 Å². The molecule has 0 amide bonds. The summed E-state index contributed by atoms with van der Waals surface area (Å²) < 4.78 is -0.255. The molecule has 1 N–H and O–H groups in total. The average Bonchev–Trinajstić information content (AvgIpc) is 2.27. The van der Waals surface area contributed by atoms with E-state index in [9.17, 15) is 14.7 Å². The molecule has 0 spiro atoms. The highest BCUT2D eigenvalue weighted by Crippen LogP contribution is 3.01. The maximum atomic E-state index is 11.9. The summed E-state index contributed by atoms with van der Waals surface area (Å²) in [4.78, 5) is 23.1. The Hall–Kier alpha value is -0.380. The first-order valence-corrected chi connectivity index (χ1v) is 5.85. The zero-order valence-corrected chi connectivity index (χ0v) is 8.69. The fourth-order valence-electron chi connectivity index (χ4n) is 5.92. The van der Waals surface area contributed by atoms with Gasteiger partial charge in [-0.15, -0.1) is 0 Å². The number of aliphatic carboxylic acids is 1. The number of ketones is 1. The molecule has 14 heavy (non-hydrogen) atoms.